The summed E-state index contributed by atoms with van der Waals surface area (Å²) in [7, 11) is 1.39. The second kappa shape index (κ2) is 17.2. The third-order valence-corrected chi connectivity index (χ3v) is 16.5. The van der Waals surface area contributed by atoms with Crippen LogP contribution in [-0.2, 0) is 42.7 Å². The average molecular weight is 859 g/mol. The first-order chi connectivity index (χ1) is 28.4. The number of ether oxygens (including phenoxy) is 8. The fraction of sp³-hybridized carbons (Fsp3) is 0.929. The molecule has 3 saturated heterocycles. The maximum Gasteiger partial charge on any atom is 0.331 e. The van der Waals surface area contributed by atoms with Gasteiger partial charge >= 0.3 is 5.97 Å². The summed E-state index contributed by atoms with van der Waals surface area (Å²) in [5.41, 5.74) is -0.180. The summed E-state index contributed by atoms with van der Waals surface area (Å²) in [5, 5.41) is 96.9. The molecule has 9 N–H and O–H groups in total. The monoisotopic (exact) mass is 858 g/mol. The predicted octanol–water partition coefficient (Wildman–Crippen LogP) is -1.24. The molecule has 4 saturated carbocycles. The van der Waals surface area contributed by atoms with Crippen molar-refractivity contribution in [1.29, 1.82) is 0 Å². The van der Waals surface area contributed by atoms with Crippen molar-refractivity contribution in [1.82, 2.24) is 0 Å². The van der Waals surface area contributed by atoms with Gasteiger partial charge in [-0.25, -0.2) is 4.79 Å². The SMILES string of the molecule is CO[C@H]1[C@H](O)[C@H](C)O[C@H](O[C@H]2CC[C@]3(C)C4CC[C@]5(C)[C@@H](C6=CC(=O)OC6)CC[C@]5(O)C4CC[C@@H]3C2)[C@@H]1O[C@@H]1O[C@H](CO[C@@H]2O[C@H](CO)[C@@H](O)[C@H](O)[C@H]2O)[C@@H](O)[C@H](O)[C@H]1O. The van der Waals surface area contributed by atoms with E-state index < -0.39 is 111 Å². The van der Waals surface area contributed by atoms with Crippen molar-refractivity contribution in [2.45, 2.75) is 182 Å². The van der Waals surface area contributed by atoms with E-state index in [2.05, 4.69) is 13.8 Å². The molecule has 23 atom stereocenters. The van der Waals surface area contributed by atoms with Gasteiger partial charge in [0.25, 0.3) is 0 Å². The van der Waals surface area contributed by atoms with E-state index >= 15 is 0 Å². The number of cyclic esters (lactones) is 1. The molecule has 18 heteroatoms. The van der Waals surface area contributed by atoms with Gasteiger partial charge in [0.15, 0.2) is 18.9 Å². The average Bonchev–Trinajstić information content (AvgIpc) is 3.78. The predicted molar refractivity (Wildman–Crippen MR) is 203 cm³/mol. The molecule has 0 aromatic carbocycles. The zero-order valence-corrected chi connectivity index (χ0v) is 34.8. The highest BCUT2D eigenvalue weighted by molar-refractivity contribution is 5.85. The Morgan fingerprint density at radius 3 is 2.12 bits per heavy atom. The maximum absolute atomic E-state index is 12.7. The molecular formula is C42H66O18. The van der Waals surface area contributed by atoms with Crippen LogP contribution in [0.4, 0.5) is 0 Å². The fourth-order valence-corrected chi connectivity index (χ4v) is 12.9. The number of hydrogen-bond donors (Lipinski definition) is 9. The first kappa shape index (κ1) is 45.1. The molecule has 4 aliphatic carbocycles. The van der Waals surface area contributed by atoms with Gasteiger partial charge in [0.1, 0.15) is 73.8 Å². The molecule has 0 spiro atoms. The third kappa shape index (κ3) is 7.50. The molecule has 0 radical (unpaired) electrons. The van der Waals surface area contributed by atoms with Crippen LogP contribution in [0.2, 0.25) is 0 Å². The van der Waals surface area contributed by atoms with Gasteiger partial charge < -0.3 is 83.9 Å². The highest BCUT2D eigenvalue weighted by Gasteiger charge is 2.68. The van der Waals surface area contributed by atoms with Crippen molar-refractivity contribution in [2.24, 2.45) is 34.5 Å². The lowest BCUT2D eigenvalue weighted by atomic mass is 9.43. The number of esters is 1. The van der Waals surface area contributed by atoms with E-state index in [-0.39, 0.29) is 34.7 Å². The van der Waals surface area contributed by atoms with Crippen LogP contribution in [0.5, 0.6) is 0 Å². The van der Waals surface area contributed by atoms with E-state index in [0.29, 0.717) is 31.3 Å². The second-order valence-electron chi connectivity index (χ2n) is 19.4. The first-order valence-electron chi connectivity index (χ1n) is 21.8. The van der Waals surface area contributed by atoms with E-state index in [1.54, 1.807) is 13.0 Å². The van der Waals surface area contributed by atoms with Crippen molar-refractivity contribution >= 4 is 5.97 Å². The van der Waals surface area contributed by atoms with Gasteiger partial charge in [-0.15, -0.1) is 0 Å². The molecule has 0 bridgehead atoms. The van der Waals surface area contributed by atoms with Crippen molar-refractivity contribution in [2.75, 3.05) is 26.9 Å². The molecule has 4 aliphatic heterocycles. The summed E-state index contributed by atoms with van der Waals surface area (Å²) in [6.07, 6.45) is -12.4. The number of methoxy groups -OCH3 is 1. The minimum atomic E-state index is -1.80. The zero-order chi connectivity index (χ0) is 43.1. The molecule has 18 nitrogen and oxygen atoms in total. The molecule has 7 fully saturated rings. The Labute approximate surface area is 349 Å². The molecule has 0 aromatic rings. The van der Waals surface area contributed by atoms with Crippen LogP contribution in [0, 0.1) is 34.5 Å². The van der Waals surface area contributed by atoms with Crippen molar-refractivity contribution in [3.05, 3.63) is 11.6 Å². The molecule has 60 heavy (non-hydrogen) atoms. The van der Waals surface area contributed by atoms with Crippen molar-refractivity contribution in [3.63, 3.8) is 0 Å². The van der Waals surface area contributed by atoms with Gasteiger partial charge in [-0.1, -0.05) is 13.8 Å². The van der Waals surface area contributed by atoms with Crippen molar-refractivity contribution in [3.8, 4) is 0 Å². The van der Waals surface area contributed by atoms with Crippen LogP contribution in [-0.4, -0.2) is 183 Å². The standard InChI is InChI=1S/C42H66O18/c1-18-28(45)35(53-4)36(60-38-34(51)32(49)30(47)26(59-38)17-55-37-33(50)31(48)29(46)25(15-43)58-37)39(56-18)57-21-7-10-40(2)20(14-21)5-6-24-23(40)8-11-41(3)22(9-12-42(24,41)52)19-13-27(44)54-16-19/h13,18,20-26,28-39,43,45-52H,5-12,14-17H2,1-4H3/t18-,20+,21-,22+,23?,24?,25+,26+,28+,29+,30+,31-,32-,33+,34+,35-,36+,37+,38-,39+,40-,41+,42-/m0/s1. The summed E-state index contributed by atoms with van der Waals surface area (Å²) in [6.45, 7) is 5.36. The van der Waals surface area contributed by atoms with Crippen LogP contribution < -0.4 is 0 Å². The van der Waals surface area contributed by atoms with E-state index in [0.717, 1.165) is 50.5 Å². The van der Waals surface area contributed by atoms with Gasteiger partial charge in [-0.3, -0.25) is 0 Å². The Morgan fingerprint density at radius 2 is 1.43 bits per heavy atom. The molecule has 342 valence electrons. The van der Waals surface area contributed by atoms with Crippen LogP contribution in [0.15, 0.2) is 11.6 Å². The molecule has 8 rings (SSSR count). The summed E-state index contributed by atoms with van der Waals surface area (Å²) in [6, 6.07) is 0. The Balaban J connectivity index is 0.937. The first-order valence-corrected chi connectivity index (χ1v) is 21.8. The van der Waals surface area contributed by atoms with E-state index in [1.165, 1.54) is 7.11 Å². The van der Waals surface area contributed by atoms with Crippen LogP contribution in [0.3, 0.4) is 0 Å². The van der Waals surface area contributed by atoms with Gasteiger partial charge in [0, 0.05) is 18.6 Å². The Kier molecular flexibility index (Phi) is 12.9. The maximum atomic E-state index is 12.7. The molecular weight excluding hydrogens is 792 g/mol. The topological polar surface area (TPSA) is 273 Å². The lowest BCUT2D eigenvalue weighted by Gasteiger charge is -2.64. The second-order valence-corrected chi connectivity index (χ2v) is 19.4. The number of rotatable bonds is 10. The Morgan fingerprint density at radius 1 is 0.733 bits per heavy atom. The molecule has 8 aliphatic rings. The normalized spacial score (nSPS) is 54.4. The minimum Gasteiger partial charge on any atom is -0.458 e. The smallest absolute Gasteiger partial charge is 0.331 e. The number of fused-ring (bicyclic) bond motifs is 5. The summed E-state index contributed by atoms with van der Waals surface area (Å²) in [4.78, 5) is 12.0. The quantitative estimate of drug-likeness (QED) is 0.0918. The van der Waals surface area contributed by atoms with Crippen LogP contribution >= 0.6 is 0 Å². The number of hydrogen-bond acceptors (Lipinski definition) is 18. The molecule has 2 unspecified atom stereocenters. The summed E-state index contributed by atoms with van der Waals surface area (Å²) < 4.78 is 47.1. The summed E-state index contributed by atoms with van der Waals surface area (Å²) in [5.74, 6) is 0.597. The lowest BCUT2D eigenvalue weighted by molar-refractivity contribution is -0.376. The highest BCUT2D eigenvalue weighted by Crippen LogP contribution is 2.70. The van der Waals surface area contributed by atoms with E-state index in [1.807, 2.05) is 0 Å². The van der Waals surface area contributed by atoms with Gasteiger partial charge in [0.2, 0.25) is 0 Å². The molecule has 0 amide bonds. The number of carbonyl (C=O) groups excluding carboxylic acids is 1. The van der Waals surface area contributed by atoms with Crippen LogP contribution in [0.1, 0.15) is 78.6 Å². The van der Waals surface area contributed by atoms with Gasteiger partial charge in [-0.2, -0.15) is 0 Å². The molecule has 4 heterocycles. The largest absolute Gasteiger partial charge is 0.458 e. The fourth-order valence-electron chi connectivity index (χ4n) is 12.9. The Hall–Kier alpha value is -1.43. The zero-order valence-electron chi connectivity index (χ0n) is 34.8. The Bertz CT molecular complexity index is 1570. The lowest BCUT2D eigenvalue weighted by Crippen LogP contribution is -2.65. The van der Waals surface area contributed by atoms with Crippen LogP contribution in [0.25, 0.3) is 0 Å². The minimum absolute atomic E-state index is 0.0325. The van der Waals surface area contributed by atoms with Gasteiger partial charge in [-0.05, 0) is 99.4 Å². The van der Waals surface area contributed by atoms with Crippen molar-refractivity contribution < 1.29 is 88.6 Å². The molecule has 0 aromatic heterocycles. The van der Waals surface area contributed by atoms with Gasteiger partial charge in [0.05, 0.1) is 31.0 Å². The third-order valence-electron chi connectivity index (χ3n) is 16.5. The number of aliphatic hydroxyl groups is 9. The number of carbonyl (C=O) groups is 1. The summed E-state index contributed by atoms with van der Waals surface area (Å²) >= 11 is 0. The van der Waals surface area contributed by atoms with E-state index in [4.69, 9.17) is 37.9 Å². The highest BCUT2D eigenvalue weighted by atomic mass is 16.8. The van der Waals surface area contributed by atoms with E-state index in [9.17, 15) is 50.8 Å². The number of aliphatic hydroxyl groups excluding tert-OH is 8.